The van der Waals surface area contributed by atoms with Crippen molar-refractivity contribution in [3.05, 3.63) is 66.2 Å². The number of hydrogen-bond donors (Lipinski definition) is 2. The fourth-order valence-corrected chi connectivity index (χ4v) is 4.18. The second-order valence-corrected chi connectivity index (χ2v) is 8.13. The van der Waals surface area contributed by atoms with Gasteiger partial charge in [-0.15, -0.1) is 0 Å². The van der Waals surface area contributed by atoms with Gasteiger partial charge < -0.3 is 15.0 Å². The molecule has 7 nitrogen and oxygen atoms in total. The number of fused-ring (bicyclic) bond motifs is 1. The minimum Gasteiger partial charge on any atom is -0.460 e. The van der Waals surface area contributed by atoms with Crippen molar-refractivity contribution in [3.8, 4) is 22.6 Å². The Labute approximate surface area is 186 Å². The number of aromatic amines is 1. The number of imidazole rings is 1. The third-order valence-electron chi connectivity index (χ3n) is 5.85. The van der Waals surface area contributed by atoms with E-state index in [9.17, 15) is 4.79 Å². The van der Waals surface area contributed by atoms with Gasteiger partial charge in [-0.25, -0.2) is 9.78 Å². The lowest BCUT2D eigenvalue weighted by Crippen LogP contribution is -2.38. The average molecular weight is 428 g/mol. The zero-order valence-corrected chi connectivity index (χ0v) is 18.0. The molecule has 0 spiro atoms. The van der Waals surface area contributed by atoms with Gasteiger partial charge in [0.1, 0.15) is 6.61 Å². The van der Waals surface area contributed by atoms with Crippen molar-refractivity contribution in [2.45, 2.75) is 32.2 Å². The van der Waals surface area contributed by atoms with Crippen LogP contribution < -0.4 is 5.32 Å². The number of nitrogens with zero attached hydrogens (tertiary/aromatic N) is 3. The molecule has 0 aliphatic carbocycles. The third-order valence-corrected chi connectivity index (χ3v) is 5.85. The maximum absolute atomic E-state index is 12.9. The molecule has 32 heavy (non-hydrogen) atoms. The van der Waals surface area contributed by atoms with Crippen LogP contribution in [0.25, 0.3) is 33.5 Å². The quantitative estimate of drug-likeness (QED) is 0.462. The normalized spacial score (nSPS) is 16.2. The molecule has 1 atom stereocenters. The van der Waals surface area contributed by atoms with Crippen LogP contribution in [-0.2, 0) is 4.74 Å². The minimum absolute atomic E-state index is 0.227. The Morgan fingerprint density at radius 2 is 2.09 bits per heavy atom. The molecule has 1 aliphatic rings. The van der Waals surface area contributed by atoms with Gasteiger partial charge in [-0.05, 0) is 56.6 Å². The van der Waals surface area contributed by atoms with Crippen molar-refractivity contribution >= 4 is 16.9 Å². The van der Waals surface area contributed by atoms with Crippen LogP contribution in [0, 0.1) is 6.92 Å². The lowest BCUT2D eigenvalue weighted by molar-refractivity contribution is 0.0453. The van der Waals surface area contributed by atoms with Gasteiger partial charge in [0.05, 0.1) is 34.5 Å². The third kappa shape index (κ3) is 4.11. The molecule has 0 unspecified atom stereocenters. The van der Waals surface area contributed by atoms with E-state index < -0.39 is 0 Å². The van der Waals surface area contributed by atoms with Gasteiger partial charge in [0, 0.05) is 28.9 Å². The van der Waals surface area contributed by atoms with E-state index in [1.165, 1.54) is 12.8 Å². The van der Waals surface area contributed by atoms with Crippen LogP contribution in [0.4, 0.5) is 0 Å². The molecule has 5 rings (SSSR count). The van der Waals surface area contributed by atoms with Gasteiger partial charge >= 0.3 is 5.97 Å². The Balaban J connectivity index is 1.47. The topological polar surface area (TPSA) is 92.8 Å². The van der Waals surface area contributed by atoms with Gasteiger partial charge in [-0.1, -0.05) is 18.6 Å². The number of piperidine rings is 1. The number of hydrogen-bond acceptors (Lipinski definition) is 6. The Morgan fingerprint density at radius 3 is 2.94 bits per heavy atom. The standard InChI is InChI=1S/C25H25N5O2/c1-16-5-4-7-22(30-16)24-23(28-15-29-24)17-8-9-21-20(13-17)19(10-12-27-21)25(31)32-14-18-6-2-3-11-26-18/h4-5,7-10,12-13,15,18,26H,2-3,6,11,14H2,1H3,(H,28,29)/t18-/m1/s1. The van der Waals surface area contributed by atoms with Crippen LogP contribution in [0.5, 0.6) is 0 Å². The Kier molecular flexibility index (Phi) is 5.64. The Morgan fingerprint density at radius 1 is 1.16 bits per heavy atom. The van der Waals surface area contributed by atoms with Gasteiger partial charge in [-0.2, -0.15) is 0 Å². The summed E-state index contributed by atoms with van der Waals surface area (Å²) in [6.45, 7) is 3.32. The number of pyridine rings is 2. The molecular weight excluding hydrogens is 402 g/mol. The molecule has 1 aromatic carbocycles. The van der Waals surface area contributed by atoms with Crippen LogP contribution in [-0.4, -0.2) is 45.1 Å². The number of aromatic nitrogens is 4. The first-order valence-electron chi connectivity index (χ1n) is 11.0. The summed E-state index contributed by atoms with van der Waals surface area (Å²) in [6.07, 6.45) is 6.68. The monoisotopic (exact) mass is 427 g/mol. The zero-order chi connectivity index (χ0) is 21.9. The molecule has 4 heterocycles. The maximum atomic E-state index is 12.9. The van der Waals surface area contributed by atoms with Gasteiger partial charge in [-0.3, -0.25) is 9.97 Å². The lowest BCUT2D eigenvalue weighted by Gasteiger charge is -2.23. The second-order valence-electron chi connectivity index (χ2n) is 8.13. The zero-order valence-electron chi connectivity index (χ0n) is 18.0. The van der Waals surface area contributed by atoms with Crippen LogP contribution in [0.2, 0.25) is 0 Å². The summed E-state index contributed by atoms with van der Waals surface area (Å²) in [5.41, 5.74) is 5.51. The number of carbonyl (C=O) groups is 1. The molecule has 0 radical (unpaired) electrons. The van der Waals surface area contributed by atoms with Crippen LogP contribution in [0.3, 0.4) is 0 Å². The first-order valence-corrected chi connectivity index (χ1v) is 11.0. The molecule has 1 aliphatic heterocycles. The minimum atomic E-state index is -0.329. The van der Waals surface area contributed by atoms with E-state index in [1.54, 1.807) is 18.6 Å². The number of ether oxygens (including phenoxy) is 1. The molecule has 162 valence electrons. The smallest absolute Gasteiger partial charge is 0.338 e. The fourth-order valence-electron chi connectivity index (χ4n) is 4.18. The molecule has 1 saturated heterocycles. The number of aryl methyl sites for hydroxylation is 1. The molecule has 0 amide bonds. The fraction of sp³-hybridized carbons (Fsp3) is 0.280. The summed E-state index contributed by atoms with van der Waals surface area (Å²) in [5.74, 6) is -0.329. The lowest BCUT2D eigenvalue weighted by atomic mass is 10.0. The summed E-state index contributed by atoms with van der Waals surface area (Å²) in [5, 5.41) is 4.16. The van der Waals surface area contributed by atoms with Gasteiger partial charge in [0.25, 0.3) is 0 Å². The number of benzene rings is 1. The molecule has 0 bridgehead atoms. The van der Waals surface area contributed by atoms with Gasteiger partial charge in [0.2, 0.25) is 0 Å². The van der Waals surface area contributed by atoms with E-state index in [-0.39, 0.29) is 12.0 Å². The van der Waals surface area contributed by atoms with Crippen LogP contribution >= 0.6 is 0 Å². The van der Waals surface area contributed by atoms with Crippen molar-refractivity contribution in [1.82, 2.24) is 25.3 Å². The summed E-state index contributed by atoms with van der Waals surface area (Å²) >= 11 is 0. The predicted octanol–water partition coefficient (Wildman–Crippen LogP) is 4.29. The van der Waals surface area contributed by atoms with Crippen molar-refractivity contribution < 1.29 is 9.53 Å². The summed E-state index contributed by atoms with van der Waals surface area (Å²) in [6, 6.07) is 13.7. The van der Waals surface area contributed by atoms with E-state index in [1.807, 2.05) is 43.3 Å². The van der Waals surface area contributed by atoms with Crippen LogP contribution in [0.15, 0.2) is 55.0 Å². The highest BCUT2D eigenvalue weighted by Crippen LogP contribution is 2.31. The molecule has 1 fully saturated rings. The van der Waals surface area contributed by atoms with E-state index in [4.69, 9.17) is 4.74 Å². The highest BCUT2D eigenvalue weighted by atomic mass is 16.5. The second kappa shape index (κ2) is 8.88. The average Bonchev–Trinajstić information content (AvgIpc) is 3.32. The summed E-state index contributed by atoms with van der Waals surface area (Å²) < 4.78 is 5.65. The molecule has 2 N–H and O–H groups in total. The van der Waals surface area contributed by atoms with Crippen molar-refractivity contribution in [2.24, 2.45) is 0 Å². The van der Waals surface area contributed by atoms with E-state index in [0.717, 1.165) is 52.2 Å². The first-order chi connectivity index (χ1) is 15.7. The number of rotatable bonds is 5. The van der Waals surface area contributed by atoms with E-state index >= 15 is 0 Å². The van der Waals surface area contributed by atoms with Gasteiger partial charge in [0.15, 0.2) is 0 Å². The molecular formula is C25H25N5O2. The van der Waals surface area contributed by atoms with E-state index in [2.05, 4.69) is 25.3 Å². The summed E-state index contributed by atoms with van der Waals surface area (Å²) in [4.78, 5) is 29.7. The molecule has 3 aromatic heterocycles. The molecule has 7 heteroatoms. The van der Waals surface area contributed by atoms with E-state index in [0.29, 0.717) is 12.2 Å². The van der Waals surface area contributed by atoms with Crippen molar-refractivity contribution in [3.63, 3.8) is 0 Å². The maximum Gasteiger partial charge on any atom is 0.338 e. The van der Waals surface area contributed by atoms with Crippen LogP contribution in [0.1, 0.15) is 35.3 Å². The summed E-state index contributed by atoms with van der Waals surface area (Å²) in [7, 11) is 0. The predicted molar refractivity (Wildman–Crippen MR) is 123 cm³/mol. The number of H-pyrrole nitrogens is 1. The SMILES string of the molecule is Cc1cccc(-c2[nH]cnc2-c2ccc3nccc(C(=O)OC[C@H]4CCCCN4)c3c2)n1. The number of nitrogens with one attached hydrogen (secondary N) is 2. The number of carbonyl (C=O) groups excluding carboxylic acids is 1. The highest BCUT2D eigenvalue weighted by molar-refractivity contribution is 6.04. The largest absolute Gasteiger partial charge is 0.460 e. The number of esters is 1. The Hall–Kier alpha value is -3.58. The highest BCUT2D eigenvalue weighted by Gasteiger charge is 2.19. The van der Waals surface area contributed by atoms with Crippen molar-refractivity contribution in [1.29, 1.82) is 0 Å². The first kappa shape index (κ1) is 20.3. The van der Waals surface area contributed by atoms with Crippen molar-refractivity contribution in [2.75, 3.05) is 13.2 Å². The molecule has 0 saturated carbocycles. The Bertz CT molecular complexity index is 1260. The molecule has 4 aromatic rings.